The second kappa shape index (κ2) is 5.18. The van der Waals surface area contributed by atoms with Gasteiger partial charge >= 0.3 is 10.1 Å². The van der Waals surface area contributed by atoms with Crippen LogP contribution in [0.5, 0.6) is 11.5 Å². The zero-order chi connectivity index (χ0) is 14.0. The Bertz CT molecular complexity index is 698. The van der Waals surface area contributed by atoms with E-state index >= 15 is 0 Å². The van der Waals surface area contributed by atoms with E-state index in [-0.39, 0.29) is 21.0 Å². The zero-order valence-corrected chi connectivity index (χ0v) is 12.3. The number of aryl methyl sites for hydroxylation is 1. The fourth-order valence-corrected chi connectivity index (χ4v) is 2.68. The summed E-state index contributed by atoms with van der Waals surface area (Å²) in [7, 11) is -3.95. The highest BCUT2D eigenvalue weighted by Crippen LogP contribution is 2.29. The van der Waals surface area contributed by atoms with Crippen molar-refractivity contribution in [1.82, 2.24) is 4.98 Å². The summed E-state index contributed by atoms with van der Waals surface area (Å²) in [6.45, 7) is 1.85. The highest BCUT2D eigenvalue weighted by Gasteiger charge is 2.18. The van der Waals surface area contributed by atoms with E-state index in [1.165, 1.54) is 24.4 Å². The molecule has 0 fully saturated rings. The summed E-state index contributed by atoms with van der Waals surface area (Å²) in [5.41, 5.74) is 0.944. The standard InChI is InChI=1S/C12H10BrNO4S/c1-8-2-4-10(5-3-8)19(16,17)18-11-6-9(15)7-14-12(11)13/h2-7,15H,1H3. The molecule has 0 aliphatic carbocycles. The van der Waals surface area contributed by atoms with Crippen molar-refractivity contribution in [3.63, 3.8) is 0 Å². The zero-order valence-electron chi connectivity index (χ0n) is 9.87. The van der Waals surface area contributed by atoms with Crippen LogP contribution in [0.1, 0.15) is 5.56 Å². The second-order valence-electron chi connectivity index (χ2n) is 3.83. The predicted octanol–water partition coefficient (Wildman–Crippen LogP) is 2.63. The molecule has 0 unspecified atom stereocenters. The van der Waals surface area contributed by atoms with Gasteiger partial charge in [0.15, 0.2) is 5.75 Å². The molecule has 7 heteroatoms. The van der Waals surface area contributed by atoms with Crippen molar-refractivity contribution in [2.45, 2.75) is 11.8 Å². The number of benzene rings is 1. The predicted molar refractivity (Wildman–Crippen MR) is 72.6 cm³/mol. The number of halogens is 1. The normalized spacial score (nSPS) is 11.3. The molecule has 0 saturated carbocycles. The topological polar surface area (TPSA) is 76.5 Å². The van der Waals surface area contributed by atoms with Gasteiger partial charge in [0, 0.05) is 6.07 Å². The van der Waals surface area contributed by atoms with E-state index in [4.69, 9.17) is 4.18 Å². The molecule has 0 saturated heterocycles. The average Bonchev–Trinajstić information content (AvgIpc) is 2.34. The van der Waals surface area contributed by atoms with Gasteiger partial charge in [-0.25, -0.2) is 4.98 Å². The number of pyridine rings is 1. The van der Waals surface area contributed by atoms with Gasteiger partial charge in [-0.05, 0) is 35.0 Å². The number of aromatic nitrogens is 1. The van der Waals surface area contributed by atoms with Crippen molar-refractivity contribution in [1.29, 1.82) is 0 Å². The summed E-state index contributed by atoms with van der Waals surface area (Å²) in [6, 6.07) is 7.42. The fourth-order valence-electron chi connectivity index (χ4n) is 1.35. The van der Waals surface area contributed by atoms with E-state index in [1.807, 2.05) is 6.92 Å². The first-order valence-electron chi connectivity index (χ1n) is 5.24. The van der Waals surface area contributed by atoms with Gasteiger partial charge in [-0.15, -0.1) is 0 Å². The number of rotatable bonds is 3. The van der Waals surface area contributed by atoms with Gasteiger partial charge in [0.1, 0.15) is 15.2 Å². The average molecular weight is 344 g/mol. The van der Waals surface area contributed by atoms with Crippen LogP contribution in [-0.2, 0) is 10.1 Å². The van der Waals surface area contributed by atoms with Gasteiger partial charge in [-0.2, -0.15) is 8.42 Å². The molecule has 1 aromatic heterocycles. The molecule has 0 spiro atoms. The van der Waals surface area contributed by atoms with Gasteiger partial charge in [0.2, 0.25) is 0 Å². The first-order chi connectivity index (χ1) is 8.88. The third kappa shape index (κ3) is 3.24. The summed E-state index contributed by atoms with van der Waals surface area (Å²) in [4.78, 5) is 3.78. The van der Waals surface area contributed by atoms with Crippen molar-refractivity contribution >= 4 is 26.0 Å². The summed E-state index contributed by atoms with van der Waals surface area (Å²) >= 11 is 3.06. The first-order valence-corrected chi connectivity index (χ1v) is 7.44. The number of nitrogens with zero attached hydrogens (tertiary/aromatic N) is 1. The summed E-state index contributed by atoms with van der Waals surface area (Å²) < 4.78 is 29.2. The molecule has 0 aliphatic heterocycles. The smallest absolute Gasteiger partial charge is 0.339 e. The molecule has 1 N–H and O–H groups in total. The largest absolute Gasteiger partial charge is 0.506 e. The molecule has 19 heavy (non-hydrogen) atoms. The van der Waals surface area contributed by atoms with Crippen LogP contribution in [0.4, 0.5) is 0 Å². The fraction of sp³-hybridized carbons (Fsp3) is 0.0833. The monoisotopic (exact) mass is 343 g/mol. The van der Waals surface area contributed by atoms with E-state index in [0.29, 0.717) is 0 Å². The highest BCUT2D eigenvalue weighted by molar-refractivity contribution is 9.10. The summed E-state index contributed by atoms with van der Waals surface area (Å²) in [6.07, 6.45) is 1.18. The molecule has 1 aromatic carbocycles. The van der Waals surface area contributed by atoms with Crippen molar-refractivity contribution < 1.29 is 17.7 Å². The van der Waals surface area contributed by atoms with Crippen molar-refractivity contribution in [2.75, 3.05) is 0 Å². The Morgan fingerprint density at radius 3 is 2.53 bits per heavy atom. The minimum atomic E-state index is -3.95. The minimum absolute atomic E-state index is 0.0355. The van der Waals surface area contributed by atoms with Gasteiger partial charge in [0.05, 0.1) is 6.20 Å². The molecule has 0 atom stereocenters. The van der Waals surface area contributed by atoms with Crippen LogP contribution >= 0.6 is 15.9 Å². The molecule has 0 bridgehead atoms. The van der Waals surface area contributed by atoms with E-state index in [2.05, 4.69) is 20.9 Å². The lowest BCUT2D eigenvalue weighted by molar-refractivity contribution is 0.458. The van der Waals surface area contributed by atoms with Crippen LogP contribution in [-0.4, -0.2) is 18.5 Å². The first kappa shape index (κ1) is 13.8. The van der Waals surface area contributed by atoms with Gasteiger partial charge < -0.3 is 9.29 Å². The van der Waals surface area contributed by atoms with E-state index in [1.54, 1.807) is 12.1 Å². The summed E-state index contributed by atoms with van der Waals surface area (Å²) in [5, 5.41) is 9.28. The highest BCUT2D eigenvalue weighted by atomic mass is 79.9. The van der Waals surface area contributed by atoms with Gasteiger partial charge in [0.25, 0.3) is 0 Å². The Morgan fingerprint density at radius 2 is 1.89 bits per heavy atom. The molecule has 0 radical (unpaired) electrons. The van der Waals surface area contributed by atoms with Crippen LogP contribution in [0.25, 0.3) is 0 Å². The Balaban J connectivity index is 2.36. The molecule has 1 heterocycles. The maximum atomic E-state index is 12.0. The maximum absolute atomic E-state index is 12.0. The molecule has 2 rings (SSSR count). The Labute approximate surface area is 119 Å². The van der Waals surface area contributed by atoms with Crippen molar-refractivity contribution in [2.24, 2.45) is 0 Å². The third-order valence-electron chi connectivity index (χ3n) is 2.30. The molecule has 5 nitrogen and oxygen atoms in total. The molecular formula is C12H10BrNO4S. The lowest BCUT2D eigenvalue weighted by Crippen LogP contribution is -2.10. The molecule has 2 aromatic rings. The van der Waals surface area contributed by atoms with Crippen LogP contribution in [0.3, 0.4) is 0 Å². The van der Waals surface area contributed by atoms with E-state index < -0.39 is 10.1 Å². The number of hydrogen-bond acceptors (Lipinski definition) is 5. The van der Waals surface area contributed by atoms with Crippen LogP contribution in [0.15, 0.2) is 46.0 Å². The van der Waals surface area contributed by atoms with Crippen LogP contribution in [0.2, 0.25) is 0 Å². The molecule has 0 aliphatic rings. The Kier molecular flexibility index (Phi) is 3.77. The van der Waals surface area contributed by atoms with Crippen LogP contribution in [0, 0.1) is 6.92 Å². The lowest BCUT2D eigenvalue weighted by Gasteiger charge is -2.08. The Hall–Kier alpha value is -1.60. The van der Waals surface area contributed by atoms with Gasteiger partial charge in [-0.3, -0.25) is 0 Å². The molecule has 100 valence electrons. The van der Waals surface area contributed by atoms with E-state index in [0.717, 1.165) is 5.56 Å². The number of hydrogen-bond donors (Lipinski definition) is 1. The lowest BCUT2D eigenvalue weighted by atomic mass is 10.2. The second-order valence-corrected chi connectivity index (χ2v) is 6.13. The molecule has 0 amide bonds. The van der Waals surface area contributed by atoms with E-state index in [9.17, 15) is 13.5 Å². The van der Waals surface area contributed by atoms with Crippen LogP contribution < -0.4 is 4.18 Å². The van der Waals surface area contributed by atoms with Gasteiger partial charge in [-0.1, -0.05) is 17.7 Å². The van der Waals surface area contributed by atoms with Crippen molar-refractivity contribution in [3.05, 3.63) is 46.7 Å². The maximum Gasteiger partial charge on any atom is 0.339 e. The number of aromatic hydroxyl groups is 1. The summed E-state index contributed by atoms with van der Waals surface area (Å²) in [5.74, 6) is -0.252. The Morgan fingerprint density at radius 1 is 1.26 bits per heavy atom. The molecular weight excluding hydrogens is 334 g/mol. The van der Waals surface area contributed by atoms with Crippen molar-refractivity contribution in [3.8, 4) is 11.5 Å². The SMILES string of the molecule is Cc1ccc(S(=O)(=O)Oc2cc(O)cnc2Br)cc1. The third-order valence-corrected chi connectivity index (χ3v) is 4.15. The quantitative estimate of drug-likeness (QED) is 0.684. The minimum Gasteiger partial charge on any atom is -0.506 e.